The number of nitrogens with zero attached hydrogens (tertiary/aromatic N) is 2. The summed E-state index contributed by atoms with van der Waals surface area (Å²) < 4.78 is 40.5. The largest absolute Gasteiger partial charge is 0.486 e. The second kappa shape index (κ2) is 9.09. The van der Waals surface area contributed by atoms with Crippen LogP contribution in [-0.2, 0) is 27.0 Å². The van der Waals surface area contributed by atoms with Crippen molar-refractivity contribution in [1.82, 2.24) is 13.9 Å². The lowest BCUT2D eigenvalue weighted by Crippen LogP contribution is -2.54. The Kier molecular flexibility index (Phi) is 6.41. The fourth-order valence-electron chi connectivity index (χ4n) is 3.84. The van der Waals surface area contributed by atoms with Crippen molar-refractivity contribution >= 4 is 16.1 Å². The molecule has 0 bridgehead atoms. The summed E-state index contributed by atoms with van der Waals surface area (Å²) in [6.45, 7) is 6.96. The molecule has 2 heterocycles. The van der Waals surface area contributed by atoms with Gasteiger partial charge in [0.05, 0.1) is 5.41 Å². The summed E-state index contributed by atoms with van der Waals surface area (Å²) in [5.41, 5.74) is 0.776. The zero-order valence-electron chi connectivity index (χ0n) is 18.4. The van der Waals surface area contributed by atoms with E-state index in [1.165, 1.54) is 9.87 Å². The Balaban J connectivity index is 1.38. The molecule has 8 nitrogen and oxygen atoms in total. The van der Waals surface area contributed by atoms with Gasteiger partial charge in [-0.25, -0.2) is 4.72 Å². The highest BCUT2D eigenvalue weighted by Gasteiger charge is 2.36. The van der Waals surface area contributed by atoms with Crippen LogP contribution >= 0.6 is 0 Å². The standard InChI is InChI=1S/C23H29N3O5S/c1-23(2,19-8-9-20-21(16-19)31-15-14-30-20)22(27)24-32(28,29)26-12-10-25(11-13-26)17-18-6-4-3-5-7-18/h3-9,16H,10-15,17H2,1-2H3,(H,24,27). The summed E-state index contributed by atoms with van der Waals surface area (Å²) in [6, 6.07) is 15.3. The lowest BCUT2D eigenvalue weighted by Gasteiger charge is -2.34. The first-order valence-electron chi connectivity index (χ1n) is 10.7. The number of benzene rings is 2. The van der Waals surface area contributed by atoms with Gasteiger partial charge in [0.15, 0.2) is 11.5 Å². The van der Waals surface area contributed by atoms with Crippen LogP contribution in [0, 0.1) is 0 Å². The highest BCUT2D eigenvalue weighted by molar-refractivity contribution is 7.87. The first kappa shape index (κ1) is 22.6. The Morgan fingerprint density at radius 1 is 0.969 bits per heavy atom. The lowest BCUT2D eigenvalue weighted by atomic mass is 9.84. The molecule has 1 amide bonds. The molecular weight excluding hydrogens is 430 g/mol. The van der Waals surface area contributed by atoms with Crippen molar-refractivity contribution in [3.8, 4) is 11.5 Å². The van der Waals surface area contributed by atoms with Gasteiger partial charge in [-0.1, -0.05) is 36.4 Å². The van der Waals surface area contributed by atoms with Crippen LogP contribution in [0.4, 0.5) is 0 Å². The molecule has 0 aliphatic carbocycles. The van der Waals surface area contributed by atoms with Crippen molar-refractivity contribution in [1.29, 1.82) is 0 Å². The molecule has 0 spiro atoms. The third kappa shape index (κ3) is 4.90. The Labute approximate surface area is 189 Å². The molecule has 1 saturated heterocycles. The number of ether oxygens (including phenoxy) is 2. The van der Waals surface area contributed by atoms with Crippen LogP contribution in [-0.4, -0.2) is 62.9 Å². The lowest BCUT2D eigenvalue weighted by molar-refractivity contribution is -0.123. The monoisotopic (exact) mass is 459 g/mol. The summed E-state index contributed by atoms with van der Waals surface area (Å²) in [4.78, 5) is 15.2. The number of fused-ring (bicyclic) bond motifs is 1. The third-order valence-electron chi connectivity index (χ3n) is 5.97. The van der Waals surface area contributed by atoms with E-state index in [2.05, 4.69) is 21.8 Å². The van der Waals surface area contributed by atoms with Gasteiger partial charge >= 0.3 is 10.2 Å². The zero-order valence-corrected chi connectivity index (χ0v) is 19.2. The Morgan fingerprint density at radius 3 is 2.31 bits per heavy atom. The second-order valence-corrected chi connectivity index (χ2v) is 10.3. The zero-order chi connectivity index (χ0) is 22.8. The Bertz CT molecular complexity index is 1060. The number of carbonyl (C=O) groups is 1. The van der Waals surface area contributed by atoms with Gasteiger partial charge in [-0.2, -0.15) is 12.7 Å². The number of hydrogen-bond acceptors (Lipinski definition) is 6. The summed E-state index contributed by atoms with van der Waals surface area (Å²) in [5.74, 6) is 0.602. The molecule has 172 valence electrons. The van der Waals surface area contributed by atoms with Gasteiger partial charge in [-0.05, 0) is 37.1 Å². The normalized spacial score (nSPS) is 17.7. The van der Waals surface area contributed by atoms with Crippen LogP contribution in [0.15, 0.2) is 48.5 Å². The van der Waals surface area contributed by atoms with Gasteiger partial charge in [0.2, 0.25) is 5.91 Å². The number of piperazine rings is 1. The number of nitrogens with one attached hydrogen (secondary N) is 1. The molecule has 9 heteroatoms. The Morgan fingerprint density at radius 2 is 1.62 bits per heavy atom. The van der Waals surface area contributed by atoms with Gasteiger partial charge < -0.3 is 9.47 Å². The Hall–Kier alpha value is -2.62. The first-order valence-corrected chi connectivity index (χ1v) is 12.2. The molecule has 0 aromatic heterocycles. The molecule has 0 atom stereocenters. The minimum absolute atomic E-state index is 0.333. The maximum absolute atomic E-state index is 13.0. The van der Waals surface area contributed by atoms with Gasteiger partial charge in [0.25, 0.3) is 0 Å². The molecular formula is C23H29N3O5S. The van der Waals surface area contributed by atoms with Gasteiger partial charge in [0.1, 0.15) is 13.2 Å². The highest BCUT2D eigenvalue weighted by atomic mass is 32.2. The van der Waals surface area contributed by atoms with E-state index >= 15 is 0 Å². The molecule has 0 unspecified atom stereocenters. The second-order valence-electron chi connectivity index (χ2n) is 8.58. The average Bonchev–Trinajstić information content (AvgIpc) is 2.79. The van der Waals surface area contributed by atoms with E-state index in [4.69, 9.17) is 9.47 Å². The molecule has 2 aliphatic heterocycles. The maximum Gasteiger partial charge on any atom is 0.303 e. The first-order chi connectivity index (χ1) is 15.3. The van der Waals surface area contributed by atoms with Crippen LogP contribution in [0.3, 0.4) is 0 Å². The van der Waals surface area contributed by atoms with Crippen LogP contribution in [0.5, 0.6) is 11.5 Å². The molecule has 2 aromatic carbocycles. The van der Waals surface area contributed by atoms with Crippen LogP contribution in [0.2, 0.25) is 0 Å². The number of amides is 1. The van der Waals surface area contributed by atoms with Crippen molar-refractivity contribution < 1.29 is 22.7 Å². The minimum atomic E-state index is -3.94. The SMILES string of the molecule is CC(C)(C(=O)NS(=O)(=O)N1CCN(Cc2ccccc2)CC1)c1ccc2c(c1)OCCO2. The topological polar surface area (TPSA) is 88.2 Å². The summed E-state index contributed by atoms with van der Waals surface area (Å²) >= 11 is 0. The van der Waals surface area contributed by atoms with Crippen LogP contribution in [0.1, 0.15) is 25.0 Å². The molecule has 0 radical (unpaired) electrons. The number of hydrogen-bond donors (Lipinski definition) is 1. The molecule has 1 N–H and O–H groups in total. The number of carbonyl (C=O) groups excluding carboxylic acids is 1. The van der Waals surface area contributed by atoms with E-state index in [0.29, 0.717) is 56.5 Å². The molecule has 2 aliphatic rings. The maximum atomic E-state index is 13.0. The fourth-order valence-corrected chi connectivity index (χ4v) is 5.10. The van der Waals surface area contributed by atoms with Crippen molar-refractivity contribution in [2.45, 2.75) is 25.8 Å². The van der Waals surface area contributed by atoms with Gasteiger partial charge in [-0.15, -0.1) is 0 Å². The molecule has 4 rings (SSSR count). The van der Waals surface area contributed by atoms with Crippen molar-refractivity contribution in [2.75, 3.05) is 39.4 Å². The molecule has 32 heavy (non-hydrogen) atoms. The fraction of sp³-hybridized carbons (Fsp3) is 0.435. The van der Waals surface area contributed by atoms with E-state index in [9.17, 15) is 13.2 Å². The third-order valence-corrected chi connectivity index (χ3v) is 7.46. The predicted octanol–water partition coefficient (Wildman–Crippen LogP) is 1.91. The van der Waals surface area contributed by atoms with Gasteiger partial charge in [-0.3, -0.25) is 9.69 Å². The molecule has 1 fully saturated rings. The summed E-state index contributed by atoms with van der Waals surface area (Å²) in [5, 5.41) is 0. The van der Waals surface area contributed by atoms with Crippen LogP contribution < -0.4 is 14.2 Å². The van der Waals surface area contributed by atoms with Gasteiger partial charge in [0, 0.05) is 32.7 Å². The summed E-state index contributed by atoms with van der Waals surface area (Å²) in [6.07, 6.45) is 0. The van der Waals surface area contributed by atoms with Crippen molar-refractivity contribution in [3.05, 3.63) is 59.7 Å². The van der Waals surface area contributed by atoms with E-state index < -0.39 is 21.5 Å². The van der Waals surface area contributed by atoms with E-state index in [1.54, 1.807) is 32.0 Å². The van der Waals surface area contributed by atoms with E-state index in [1.807, 2.05) is 18.2 Å². The quantitative estimate of drug-likeness (QED) is 0.710. The van der Waals surface area contributed by atoms with E-state index in [0.717, 1.165) is 6.54 Å². The smallest absolute Gasteiger partial charge is 0.303 e. The average molecular weight is 460 g/mol. The molecule has 2 aromatic rings. The predicted molar refractivity (Wildman–Crippen MR) is 121 cm³/mol. The van der Waals surface area contributed by atoms with Crippen LogP contribution in [0.25, 0.3) is 0 Å². The number of rotatable bonds is 6. The minimum Gasteiger partial charge on any atom is -0.486 e. The summed E-state index contributed by atoms with van der Waals surface area (Å²) in [7, 11) is -3.94. The highest BCUT2D eigenvalue weighted by Crippen LogP contribution is 2.35. The molecule has 0 saturated carbocycles. The van der Waals surface area contributed by atoms with E-state index in [-0.39, 0.29) is 0 Å². The van der Waals surface area contributed by atoms with Crippen molar-refractivity contribution in [2.24, 2.45) is 0 Å². The van der Waals surface area contributed by atoms with Crippen molar-refractivity contribution in [3.63, 3.8) is 0 Å².